The van der Waals surface area contributed by atoms with Crippen molar-refractivity contribution in [1.82, 2.24) is 9.88 Å². The molecule has 0 amide bonds. The molecule has 1 N–H and O–H groups in total. The van der Waals surface area contributed by atoms with Gasteiger partial charge in [0.1, 0.15) is 0 Å². The summed E-state index contributed by atoms with van der Waals surface area (Å²) in [5.41, 5.74) is 2.97. The molecule has 26 heavy (non-hydrogen) atoms. The summed E-state index contributed by atoms with van der Waals surface area (Å²) in [5.74, 6) is 0.0205. The van der Waals surface area contributed by atoms with Crippen LogP contribution >= 0.6 is 0 Å². The monoisotopic (exact) mass is 375 g/mol. The number of carbonyl (C=O) groups excluding carboxylic acids is 1. The highest BCUT2D eigenvalue weighted by molar-refractivity contribution is 7.92. The molecule has 1 aromatic heterocycles. The van der Waals surface area contributed by atoms with Gasteiger partial charge in [0, 0.05) is 36.0 Å². The highest BCUT2D eigenvalue weighted by Gasteiger charge is 2.15. The Bertz CT molecular complexity index is 864. The van der Waals surface area contributed by atoms with Gasteiger partial charge in [-0.25, -0.2) is 8.42 Å². The second-order valence-corrected chi connectivity index (χ2v) is 8.23. The second kappa shape index (κ2) is 8.42. The van der Waals surface area contributed by atoms with Gasteiger partial charge in [-0.3, -0.25) is 19.4 Å². The van der Waals surface area contributed by atoms with Crippen molar-refractivity contribution >= 4 is 21.5 Å². The molecule has 6 nitrogen and oxygen atoms in total. The topological polar surface area (TPSA) is 79.4 Å². The molecule has 0 spiro atoms. The number of aromatic nitrogens is 1. The molecule has 1 aromatic carbocycles. The molecule has 1 heterocycles. The highest BCUT2D eigenvalue weighted by Crippen LogP contribution is 2.18. The van der Waals surface area contributed by atoms with Crippen LogP contribution in [0.15, 0.2) is 42.5 Å². The first-order valence-electron chi connectivity index (χ1n) is 8.40. The number of rotatable bonds is 8. The van der Waals surface area contributed by atoms with Crippen molar-refractivity contribution in [3.05, 3.63) is 59.4 Å². The van der Waals surface area contributed by atoms with Gasteiger partial charge in [0.05, 0.1) is 11.9 Å². The number of carbonyl (C=O) groups is 1. The van der Waals surface area contributed by atoms with Crippen molar-refractivity contribution in [3.8, 4) is 0 Å². The smallest absolute Gasteiger partial charge is 0.229 e. The molecule has 2 aromatic rings. The summed E-state index contributed by atoms with van der Waals surface area (Å²) < 4.78 is 24.8. The molecule has 0 aliphatic heterocycles. The molecule has 1 atom stereocenters. The average Bonchev–Trinajstić information content (AvgIpc) is 2.58. The van der Waals surface area contributed by atoms with Crippen molar-refractivity contribution in [2.24, 2.45) is 0 Å². The number of pyridine rings is 1. The van der Waals surface area contributed by atoms with Crippen LogP contribution in [0.4, 0.5) is 5.69 Å². The standard InChI is InChI=1S/C19H25N3O3S/c1-14-6-5-7-18(20-14)15(2)22(3)13-12-19(23)16-8-10-17(11-9-16)21-26(4,24)25/h5-11,15,21H,12-13H2,1-4H3. The number of Topliss-reactive ketones (excluding diaryl/α,β-unsaturated/α-hetero) is 1. The normalized spacial score (nSPS) is 12.8. The van der Waals surface area contributed by atoms with Gasteiger partial charge in [-0.15, -0.1) is 0 Å². The maximum Gasteiger partial charge on any atom is 0.229 e. The molecule has 0 saturated carbocycles. The Hall–Kier alpha value is -2.25. The van der Waals surface area contributed by atoms with Crippen LogP contribution in [0.5, 0.6) is 0 Å². The summed E-state index contributed by atoms with van der Waals surface area (Å²) in [6.07, 6.45) is 1.47. The third kappa shape index (κ3) is 5.93. The zero-order valence-corrected chi connectivity index (χ0v) is 16.4. The number of benzene rings is 1. The Morgan fingerprint density at radius 2 is 1.85 bits per heavy atom. The first-order chi connectivity index (χ1) is 12.2. The van der Waals surface area contributed by atoms with Crippen molar-refractivity contribution in [1.29, 1.82) is 0 Å². The van der Waals surface area contributed by atoms with Crippen LogP contribution in [0, 0.1) is 6.92 Å². The molecule has 0 bridgehead atoms. The minimum atomic E-state index is -3.32. The van der Waals surface area contributed by atoms with E-state index in [9.17, 15) is 13.2 Å². The predicted molar refractivity (Wildman–Crippen MR) is 104 cm³/mol. The van der Waals surface area contributed by atoms with Gasteiger partial charge >= 0.3 is 0 Å². The molecule has 0 aliphatic rings. The number of hydrogen-bond acceptors (Lipinski definition) is 5. The largest absolute Gasteiger partial charge is 0.298 e. The highest BCUT2D eigenvalue weighted by atomic mass is 32.2. The summed E-state index contributed by atoms with van der Waals surface area (Å²) in [6, 6.07) is 12.5. The first-order valence-corrected chi connectivity index (χ1v) is 10.3. The Morgan fingerprint density at radius 1 is 1.19 bits per heavy atom. The summed E-state index contributed by atoms with van der Waals surface area (Å²) in [7, 11) is -1.34. The van der Waals surface area contributed by atoms with E-state index in [0.717, 1.165) is 17.6 Å². The summed E-state index contributed by atoms with van der Waals surface area (Å²) in [6.45, 7) is 4.64. The zero-order valence-electron chi connectivity index (χ0n) is 15.6. The van der Waals surface area contributed by atoms with Gasteiger partial charge in [-0.05, 0) is 57.3 Å². The number of hydrogen-bond donors (Lipinski definition) is 1. The first kappa shape index (κ1) is 20.1. The summed E-state index contributed by atoms with van der Waals surface area (Å²) >= 11 is 0. The number of nitrogens with zero attached hydrogens (tertiary/aromatic N) is 2. The molecule has 7 heteroatoms. The van der Waals surface area contributed by atoms with Crippen LogP contribution in [0.2, 0.25) is 0 Å². The van der Waals surface area contributed by atoms with Crippen molar-refractivity contribution in [2.75, 3.05) is 24.6 Å². The Morgan fingerprint density at radius 3 is 2.42 bits per heavy atom. The molecule has 140 valence electrons. The fourth-order valence-electron chi connectivity index (χ4n) is 2.58. The van der Waals surface area contributed by atoms with Gasteiger partial charge in [0.2, 0.25) is 10.0 Å². The molecule has 0 fully saturated rings. The second-order valence-electron chi connectivity index (χ2n) is 6.49. The lowest BCUT2D eigenvalue weighted by Gasteiger charge is -2.24. The van der Waals surface area contributed by atoms with E-state index < -0.39 is 10.0 Å². The SMILES string of the molecule is Cc1cccc(C(C)N(C)CCC(=O)c2ccc(NS(C)(=O)=O)cc2)n1. The minimum Gasteiger partial charge on any atom is -0.298 e. The van der Waals surface area contributed by atoms with Crippen LogP contribution in [-0.2, 0) is 10.0 Å². The van der Waals surface area contributed by atoms with Crippen LogP contribution in [-0.4, -0.2) is 43.9 Å². The fraction of sp³-hybridized carbons (Fsp3) is 0.368. The van der Waals surface area contributed by atoms with Crippen molar-refractivity contribution < 1.29 is 13.2 Å². The Kier molecular flexibility index (Phi) is 6.50. The number of ketones is 1. The van der Waals surface area contributed by atoms with E-state index in [-0.39, 0.29) is 11.8 Å². The van der Waals surface area contributed by atoms with E-state index in [2.05, 4.69) is 21.5 Å². The van der Waals surface area contributed by atoms with E-state index in [1.807, 2.05) is 32.2 Å². The lowest BCUT2D eigenvalue weighted by Crippen LogP contribution is -2.26. The number of nitrogens with one attached hydrogen (secondary N) is 1. The third-order valence-electron chi connectivity index (χ3n) is 4.20. The number of anilines is 1. The molecule has 0 aliphatic carbocycles. The van der Waals surface area contributed by atoms with E-state index in [1.165, 1.54) is 0 Å². The van der Waals surface area contributed by atoms with E-state index in [0.29, 0.717) is 24.2 Å². The van der Waals surface area contributed by atoms with Gasteiger partial charge in [-0.1, -0.05) is 6.07 Å². The van der Waals surface area contributed by atoms with E-state index >= 15 is 0 Å². The molecular formula is C19H25N3O3S. The van der Waals surface area contributed by atoms with Gasteiger partial charge in [0.25, 0.3) is 0 Å². The summed E-state index contributed by atoms with van der Waals surface area (Å²) in [5, 5.41) is 0. The van der Waals surface area contributed by atoms with Crippen molar-refractivity contribution in [2.45, 2.75) is 26.3 Å². The molecule has 0 saturated heterocycles. The van der Waals surface area contributed by atoms with Crippen molar-refractivity contribution in [3.63, 3.8) is 0 Å². The maximum absolute atomic E-state index is 12.4. The van der Waals surface area contributed by atoms with Crippen LogP contribution in [0.25, 0.3) is 0 Å². The molecule has 0 radical (unpaired) electrons. The summed E-state index contributed by atoms with van der Waals surface area (Å²) in [4.78, 5) is 19.0. The van der Waals surface area contributed by atoms with Gasteiger partial charge in [-0.2, -0.15) is 0 Å². The molecular weight excluding hydrogens is 350 g/mol. The molecule has 1 unspecified atom stereocenters. The number of aryl methyl sites for hydroxylation is 1. The fourth-order valence-corrected chi connectivity index (χ4v) is 3.14. The third-order valence-corrected chi connectivity index (χ3v) is 4.81. The number of sulfonamides is 1. The van der Waals surface area contributed by atoms with E-state index in [1.54, 1.807) is 24.3 Å². The Labute approximate surface area is 155 Å². The van der Waals surface area contributed by atoms with E-state index in [4.69, 9.17) is 0 Å². The minimum absolute atomic E-state index is 0.0205. The van der Waals surface area contributed by atoms with Crippen LogP contribution in [0.1, 0.15) is 41.1 Å². The van der Waals surface area contributed by atoms with Gasteiger partial charge in [0.15, 0.2) is 5.78 Å². The van der Waals surface area contributed by atoms with Crippen LogP contribution < -0.4 is 4.72 Å². The average molecular weight is 375 g/mol. The lowest BCUT2D eigenvalue weighted by atomic mass is 10.1. The maximum atomic E-state index is 12.4. The quantitative estimate of drug-likeness (QED) is 0.718. The predicted octanol–water partition coefficient (Wildman–Crippen LogP) is 3.03. The van der Waals surface area contributed by atoms with Gasteiger partial charge < -0.3 is 0 Å². The lowest BCUT2D eigenvalue weighted by molar-refractivity contribution is 0.0961. The van der Waals surface area contributed by atoms with Crippen LogP contribution in [0.3, 0.4) is 0 Å². The molecule has 2 rings (SSSR count). The Balaban J connectivity index is 1.93. The zero-order chi connectivity index (χ0) is 19.3.